The van der Waals surface area contributed by atoms with Gasteiger partial charge in [-0.25, -0.2) is 4.79 Å². The van der Waals surface area contributed by atoms with Gasteiger partial charge in [0.15, 0.2) is 0 Å². The van der Waals surface area contributed by atoms with E-state index in [9.17, 15) is 0 Å². The van der Waals surface area contributed by atoms with Crippen molar-refractivity contribution in [1.29, 1.82) is 0 Å². The summed E-state index contributed by atoms with van der Waals surface area (Å²) in [5.41, 5.74) is 0. The van der Waals surface area contributed by atoms with Gasteiger partial charge in [0.05, 0.1) is 0 Å². The van der Waals surface area contributed by atoms with E-state index in [0.29, 0.717) is 23.0 Å². The van der Waals surface area contributed by atoms with Crippen molar-refractivity contribution in [2.75, 3.05) is 0 Å². The molecule has 4 N–H and O–H groups in total. The molecular weight excluding hydrogens is 270 g/mol. The molecule has 0 unspecified atom stereocenters. The SMILES string of the molecule is O=C(O)O.OO.[CaH2].[O]=[SbH]. The van der Waals surface area contributed by atoms with E-state index in [-0.39, 0.29) is 37.7 Å². The third-order valence-corrected chi connectivity index (χ3v) is 0. The van der Waals surface area contributed by atoms with Crippen LogP contribution in [0.2, 0.25) is 0 Å². The molecule has 0 aliphatic carbocycles. The molecule has 0 atom stereocenters. The monoisotopic (exact) mass is 276 g/mol. The van der Waals surface area contributed by atoms with Gasteiger partial charge in [-0.3, -0.25) is 10.5 Å². The van der Waals surface area contributed by atoms with Crippen molar-refractivity contribution < 1.29 is 28.5 Å². The Morgan fingerprint density at radius 3 is 1.11 bits per heavy atom. The molecule has 0 amide bonds. The van der Waals surface area contributed by atoms with Gasteiger partial charge in [0.25, 0.3) is 0 Å². The average Bonchev–Trinajstić information content (AvgIpc) is 1.75. The molecule has 0 heterocycles. The molecule has 0 bridgehead atoms. The molecule has 0 saturated heterocycles. The van der Waals surface area contributed by atoms with Crippen LogP contribution in [0.3, 0.4) is 0 Å². The summed E-state index contributed by atoms with van der Waals surface area (Å²) in [6.45, 7) is 0. The fourth-order valence-corrected chi connectivity index (χ4v) is 0. The van der Waals surface area contributed by atoms with Crippen LogP contribution < -0.4 is 0 Å². The third kappa shape index (κ3) is 397. The Morgan fingerprint density at radius 2 is 1.11 bits per heavy atom. The predicted molar refractivity (Wildman–Crippen MR) is 32.3 cm³/mol. The molecule has 0 aliphatic rings. The van der Waals surface area contributed by atoms with Gasteiger partial charge in [-0.15, -0.1) is 0 Å². The van der Waals surface area contributed by atoms with Gasteiger partial charge in [-0.1, -0.05) is 0 Å². The zero-order valence-corrected chi connectivity index (χ0v) is 6.46. The molecular formula is CH7CaO6Sb. The number of rotatable bonds is 0. The molecule has 54 valence electrons. The van der Waals surface area contributed by atoms with Gasteiger partial charge in [0.1, 0.15) is 0 Å². The molecule has 6 nitrogen and oxygen atoms in total. The zero-order valence-electron chi connectivity index (χ0n) is 3.61. The van der Waals surface area contributed by atoms with Gasteiger partial charge in [-0.05, 0) is 0 Å². The van der Waals surface area contributed by atoms with E-state index in [1.807, 2.05) is 0 Å². The van der Waals surface area contributed by atoms with E-state index in [4.69, 9.17) is 28.5 Å². The van der Waals surface area contributed by atoms with Gasteiger partial charge in [-0.2, -0.15) is 0 Å². The van der Waals surface area contributed by atoms with Crippen LogP contribution in [-0.4, -0.2) is 87.6 Å². The van der Waals surface area contributed by atoms with E-state index < -0.39 is 6.16 Å². The molecule has 0 aromatic rings. The van der Waals surface area contributed by atoms with Crippen molar-refractivity contribution in [1.82, 2.24) is 0 Å². The number of hydrogen-bond donors (Lipinski definition) is 4. The molecule has 0 fully saturated rings. The zero-order chi connectivity index (χ0) is 7.58. The van der Waals surface area contributed by atoms with Crippen molar-refractivity contribution >= 4 is 66.9 Å². The Kier molecular flexibility index (Phi) is 89.1. The fraction of sp³-hybridized carbons (Fsp3) is 0. The van der Waals surface area contributed by atoms with Crippen molar-refractivity contribution in [2.45, 2.75) is 0 Å². The topological polar surface area (TPSA) is 115 Å². The van der Waals surface area contributed by atoms with Crippen LogP contribution in [-0.2, 0) is 3.02 Å². The van der Waals surface area contributed by atoms with Crippen LogP contribution >= 0.6 is 0 Å². The van der Waals surface area contributed by atoms with E-state index in [2.05, 4.69) is 0 Å². The maximum atomic E-state index is 8.56. The van der Waals surface area contributed by atoms with Crippen LogP contribution in [0.5, 0.6) is 0 Å². The molecule has 0 aromatic carbocycles. The van der Waals surface area contributed by atoms with Gasteiger partial charge in [0.2, 0.25) is 0 Å². The van der Waals surface area contributed by atoms with Crippen LogP contribution in [0.1, 0.15) is 0 Å². The van der Waals surface area contributed by atoms with Crippen molar-refractivity contribution in [3.05, 3.63) is 0 Å². The average molecular weight is 277 g/mol. The number of hydrogen-bond acceptors (Lipinski definition) is 4. The molecule has 9 heavy (non-hydrogen) atoms. The maximum absolute atomic E-state index is 8.56. The summed E-state index contributed by atoms with van der Waals surface area (Å²) in [6, 6.07) is 0. The Hall–Kier alpha value is 1.07. The second-order valence-corrected chi connectivity index (χ2v) is 0.283. The van der Waals surface area contributed by atoms with Gasteiger partial charge >= 0.3 is 69.9 Å². The first kappa shape index (κ1) is 22.5. The van der Waals surface area contributed by atoms with Crippen molar-refractivity contribution in [3.63, 3.8) is 0 Å². The summed E-state index contributed by atoms with van der Waals surface area (Å²) >= 11 is 0.300. The van der Waals surface area contributed by atoms with Crippen LogP contribution in [0, 0.1) is 0 Å². The van der Waals surface area contributed by atoms with Crippen molar-refractivity contribution in [2.24, 2.45) is 0 Å². The summed E-state index contributed by atoms with van der Waals surface area (Å²) in [6.07, 6.45) is -1.83. The summed E-state index contributed by atoms with van der Waals surface area (Å²) in [4.78, 5) is 8.56. The minimum absolute atomic E-state index is 0. The fourth-order valence-electron chi connectivity index (χ4n) is 0. The summed E-state index contributed by atoms with van der Waals surface area (Å²) in [7, 11) is 0. The van der Waals surface area contributed by atoms with Crippen molar-refractivity contribution in [3.8, 4) is 0 Å². The molecule has 0 radical (unpaired) electrons. The Labute approximate surface area is 94.3 Å². The van der Waals surface area contributed by atoms with Crippen LogP contribution in [0.4, 0.5) is 4.79 Å². The Balaban J connectivity index is -0.0000000221. The molecule has 8 heteroatoms. The van der Waals surface area contributed by atoms with Gasteiger partial charge < -0.3 is 10.2 Å². The standard InChI is InChI=1S/CH2O3.Ca.H2O2.O.Sb.3H/c2-1(3)4;;1-2;;;;;/h(H2,2,3,4);;1-2H;;;;;. The second-order valence-electron chi connectivity index (χ2n) is 0.283. The Bertz CT molecular complexity index is 44.3. The van der Waals surface area contributed by atoms with E-state index in [1.54, 1.807) is 0 Å². The molecule has 0 spiro atoms. The summed E-state index contributed by atoms with van der Waals surface area (Å²) in [5.74, 6) is 0. The normalized spacial score (nSPS) is 3.78. The predicted octanol–water partition coefficient (Wildman–Crippen LogP) is -1.44. The van der Waals surface area contributed by atoms with Gasteiger partial charge in [0, 0.05) is 0 Å². The number of carboxylic acid groups (broad SMARTS) is 2. The van der Waals surface area contributed by atoms with Crippen LogP contribution in [0.25, 0.3) is 0 Å². The molecule has 0 aromatic heterocycles. The van der Waals surface area contributed by atoms with E-state index >= 15 is 0 Å². The molecule has 0 aliphatic heterocycles. The second kappa shape index (κ2) is 35.7. The first-order chi connectivity index (χ1) is 3.73. The first-order valence-corrected chi connectivity index (χ1v) is 2.22. The molecule has 0 saturated carbocycles. The molecule has 0 rings (SSSR count). The minimum atomic E-state index is -1.83. The van der Waals surface area contributed by atoms with E-state index in [1.165, 1.54) is 0 Å². The quantitative estimate of drug-likeness (QED) is 0.245. The third-order valence-electron chi connectivity index (χ3n) is 0. The summed E-state index contributed by atoms with van der Waals surface area (Å²) < 4.78 is 8.34. The van der Waals surface area contributed by atoms with Crippen LogP contribution in [0.15, 0.2) is 0 Å². The first-order valence-electron chi connectivity index (χ1n) is 1.06. The number of carbonyl (C=O) groups is 1. The summed E-state index contributed by atoms with van der Waals surface area (Å²) in [5, 5.41) is 25.9. The Morgan fingerprint density at radius 1 is 1.11 bits per heavy atom. The van der Waals surface area contributed by atoms with E-state index in [0.717, 1.165) is 0 Å².